The highest BCUT2D eigenvalue weighted by Crippen LogP contribution is 2.34. The number of carbonyl (C=O) groups excluding carboxylic acids is 1. The summed E-state index contributed by atoms with van der Waals surface area (Å²) in [5, 5.41) is 0. The first kappa shape index (κ1) is 16.5. The minimum Gasteiger partial charge on any atom is -0.348 e. The van der Waals surface area contributed by atoms with Crippen molar-refractivity contribution in [2.24, 2.45) is 5.92 Å². The zero-order chi connectivity index (χ0) is 17.2. The standard InChI is InChI=1S/C17H18F3N3O/c18-17(19,20)14-4-2-1-3-13(14)11-23(10-12-5-6-12)16(24)9-15-21-7-8-22-15/h1-4,7-8,12H,5-6,9-11H2,(H,21,22). The summed E-state index contributed by atoms with van der Waals surface area (Å²) >= 11 is 0. The van der Waals surface area contributed by atoms with Crippen molar-refractivity contribution in [3.63, 3.8) is 0 Å². The van der Waals surface area contributed by atoms with Crippen LogP contribution in [0.4, 0.5) is 13.2 Å². The molecule has 1 aliphatic rings. The van der Waals surface area contributed by atoms with Crippen LogP contribution in [0.3, 0.4) is 0 Å². The number of carbonyl (C=O) groups is 1. The summed E-state index contributed by atoms with van der Waals surface area (Å²) < 4.78 is 39.5. The van der Waals surface area contributed by atoms with E-state index in [-0.39, 0.29) is 24.4 Å². The van der Waals surface area contributed by atoms with Gasteiger partial charge in [-0.15, -0.1) is 0 Å². The monoisotopic (exact) mass is 337 g/mol. The number of imidazole rings is 1. The minimum atomic E-state index is -4.42. The summed E-state index contributed by atoms with van der Waals surface area (Å²) in [6, 6.07) is 5.42. The fourth-order valence-corrected chi connectivity index (χ4v) is 2.66. The molecule has 0 unspecified atom stereocenters. The van der Waals surface area contributed by atoms with Crippen molar-refractivity contribution in [2.75, 3.05) is 6.54 Å². The first-order chi connectivity index (χ1) is 11.4. The lowest BCUT2D eigenvalue weighted by Gasteiger charge is -2.24. The van der Waals surface area contributed by atoms with Crippen LogP contribution >= 0.6 is 0 Å². The van der Waals surface area contributed by atoms with E-state index >= 15 is 0 Å². The number of hydrogen-bond donors (Lipinski definition) is 1. The van der Waals surface area contributed by atoms with Gasteiger partial charge in [-0.3, -0.25) is 4.79 Å². The maximum atomic E-state index is 13.2. The summed E-state index contributed by atoms with van der Waals surface area (Å²) in [6.07, 6.45) is 0.844. The van der Waals surface area contributed by atoms with E-state index in [1.54, 1.807) is 18.5 Å². The first-order valence-corrected chi connectivity index (χ1v) is 7.84. The number of nitrogens with zero attached hydrogens (tertiary/aromatic N) is 2. The molecule has 0 bridgehead atoms. The Bertz CT molecular complexity index is 693. The maximum Gasteiger partial charge on any atom is 0.416 e. The fourth-order valence-electron chi connectivity index (χ4n) is 2.66. The lowest BCUT2D eigenvalue weighted by Crippen LogP contribution is -2.34. The minimum absolute atomic E-state index is 0.0360. The van der Waals surface area contributed by atoms with Gasteiger partial charge in [0, 0.05) is 25.5 Å². The normalized spacial score (nSPS) is 14.6. The Morgan fingerprint density at radius 2 is 2.04 bits per heavy atom. The molecular formula is C17H18F3N3O. The van der Waals surface area contributed by atoms with E-state index < -0.39 is 11.7 Å². The van der Waals surface area contributed by atoms with E-state index in [4.69, 9.17) is 0 Å². The van der Waals surface area contributed by atoms with E-state index in [1.165, 1.54) is 17.0 Å². The van der Waals surface area contributed by atoms with E-state index in [0.29, 0.717) is 18.3 Å². The molecule has 24 heavy (non-hydrogen) atoms. The summed E-state index contributed by atoms with van der Waals surface area (Å²) in [7, 11) is 0. The molecule has 7 heteroatoms. The lowest BCUT2D eigenvalue weighted by molar-refractivity contribution is -0.140. The number of halogens is 3. The van der Waals surface area contributed by atoms with Crippen molar-refractivity contribution in [2.45, 2.75) is 32.0 Å². The second kappa shape index (κ2) is 6.67. The molecule has 1 heterocycles. The van der Waals surface area contributed by atoms with Crippen LogP contribution in [0.15, 0.2) is 36.7 Å². The first-order valence-electron chi connectivity index (χ1n) is 7.84. The zero-order valence-electron chi connectivity index (χ0n) is 13.0. The zero-order valence-corrected chi connectivity index (χ0v) is 13.0. The van der Waals surface area contributed by atoms with Crippen LogP contribution in [0.2, 0.25) is 0 Å². The molecule has 0 saturated heterocycles. The molecule has 1 fully saturated rings. The molecule has 4 nitrogen and oxygen atoms in total. The topological polar surface area (TPSA) is 49.0 Å². The van der Waals surface area contributed by atoms with Gasteiger partial charge in [-0.25, -0.2) is 4.98 Å². The number of hydrogen-bond acceptors (Lipinski definition) is 2. The predicted octanol–water partition coefficient (Wildman–Crippen LogP) is 3.41. The highest BCUT2D eigenvalue weighted by Gasteiger charge is 2.34. The van der Waals surface area contributed by atoms with Crippen molar-refractivity contribution in [3.8, 4) is 0 Å². The number of rotatable bonds is 6. The van der Waals surface area contributed by atoms with Gasteiger partial charge in [0.05, 0.1) is 12.0 Å². The quantitative estimate of drug-likeness (QED) is 0.878. The van der Waals surface area contributed by atoms with Crippen molar-refractivity contribution in [1.82, 2.24) is 14.9 Å². The molecule has 1 aromatic carbocycles. The van der Waals surface area contributed by atoms with Crippen molar-refractivity contribution < 1.29 is 18.0 Å². The molecule has 0 spiro atoms. The number of aromatic nitrogens is 2. The van der Waals surface area contributed by atoms with Crippen molar-refractivity contribution in [1.29, 1.82) is 0 Å². The van der Waals surface area contributed by atoms with Crippen LogP contribution in [0, 0.1) is 5.92 Å². The van der Waals surface area contributed by atoms with E-state index in [0.717, 1.165) is 18.9 Å². The van der Waals surface area contributed by atoms with Gasteiger partial charge in [-0.2, -0.15) is 13.2 Å². The van der Waals surface area contributed by atoms with Crippen LogP contribution in [0.25, 0.3) is 0 Å². The van der Waals surface area contributed by atoms with Gasteiger partial charge < -0.3 is 9.88 Å². The van der Waals surface area contributed by atoms with E-state index in [9.17, 15) is 18.0 Å². The molecule has 1 saturated carbocycles. The number of aromatic amines is 1. The second-order valence-electron chi connectivity index (χ2n) is 6.09. The molecule has 128 valence electrons. The molecule has 1 aliphatic carbocycles. The number of benzene rings is 1. The van der Waals surface area contributed by atoms with Gasteiger partial charge in [0.1, 0.15) is 5.82 Å². The molecule has 1 aromatic heterocycles. The molecule has 0 radical (unpaired) electrons. The van der Waals surface area contributed by atoms with Gasteiger partial charge in [-0.1, -0.05) is 18.2 Å². The molecule has 2 aromatic rings. The highest BCUT2D eigenvalue weighted by atomic mass is 19.4. The molecular weight excluding hydrogens is 319 g/mol. The summed E-state index contributed by atoms with van der Waals surface area (Å²) in [4.78, 5) is 20.9. The number of H-pyrrole nitrogens is 1. The molecule has 0 aliphatic heterocycles. The number of alkyl halides is 3. The third-order valence-electron chi connectivity index (χ3n) is 4.09. The lowest BCUT2D eigenvalue weighted by atomic mass is 10.1. The largest absolute Gasteiger partial charge is 0.416 e. The average molecular weight is 337 g/mol. The predicted molar refractivity (Wildman–Crippen MR) is 81.9 cm³/mol. The SMILES string of the molecule is O=C(Cc1ncc[nH]1)N(Cc1ccccc1C(F)(F)F)CC1CC1. The van der Waals surface area contributed by atoms with Crippen molar-refractivity contribution in [3.05, 3.63) is 53.6 Å². The Morgan fingerprint density at radius 1 is 1.29 bits per heavy atom. The Labute approximate surface area is 137 Å². The molecule has 3 rings (SSSR count). The Kier molecular flexibility index (Phi) is 4.59. The van der Waals surface area contributed by atoms with E-state index in [1.807, 2.05) is 0 Å². The van der Waals surface area contributed by atoms with Gasteiger partial charge in [0.2, 0.25) is 5.91 Å². The molecule has 1 amide bonds. The number of nitrogens with one attached hydrogen (secondary N) is 1. The summed E-state index contributed by atoms with van der Waals surface area (Å²) in [6.45, 7) is 0.456. The van der Waals surface area contributed by atoms with Crippen molar-refractivity contribution >= 4 is 5.91 Å². The third kappa shape index (κ3) is 4.15. The average Bonchev–Trinajstić information content (AvgIpc) is 3.20. The van der Waals surface area contributed by atoms with E-state index in [2.05, 4.69) is 9.97 Å². The van der Waals surface area contributed by atoms with Gasteiger partial charge in [0.25, 0.3) is 0 Å². The maximum absolute atomic E-state index is 13.2. The highest BCUT2D eigenvalue weighted by molar-refractivity contribution is 5.78. The van der Waals surface area contributed by atoms with Crippen LogP contribution in [0.5, 0.6) is 0 Å². The van der Waals surface area contributed by atoms with Crippen LogP contribution in [-0.4, -0.2) is 27.3 Å². The Morgan fingerprint density at radius 3 is 2.67 bits per heavy atom. The Balaban J connectivity index is 1.78. The fraction of sp³-hybridized carbons (Fsp3) is 0.412. The van der Waals surface area contributed by atoms with Crippen LogP contribution in [-0.2, 0) is 23.9 Å². The second-order valence-corrected chi connectivity index (χ2v) is 6.09. The van der Waals surface area contributed by atoms with Gasteiger partial charge in [0.15, 0.2) is 0 Å². The van der Waals surface area contributed by atoms with Gasteiger partial charge >= 0.3 is 6.18 Å². The van der Waals surface area contributed by atoms with Crippen LogP contribution < -0.4 is 0 Å². The summed E-state index contributed by atoms with van der Waals surface area (Å²) in [5.41, 5.74) is -0.560. The van der Waals surface area contributed by atoms with Gasteiger partial charge in [-0.05, 0) is 30.4 Å². The summed E-state index contributed by atoms with van der Waals surface area (Å²) in [5.74, 6) is 0.697. The smallest absolute Gasteiger partial charge is 0.348 e. The Hall–Kier alpha value is -2.31. The molecule has 1 N–H and O–H groups in total. The third-order valence-corrected chi connectivity index (χ3v) is 4.09. The number of amides is 1. The molecule has 0 atom stereocenters. The van der Waals surface area contributed by atoms with Crippen LogP contribution in [0.1, 0.15) is 29.8 Å².